The van der Waals surface area contributed by atoms with Gasteiger partial charge in [0.1, 0.15) is 5.65 Å². The number of aryl methyl sites for hydroxylation is 2. The minimum Gasteiger partial charge on any atom is -0.342 e. The quantitative estimate of drug-likeness (QED) is 0.625. The number of pyridine rings is 1. The maximum absolute atomic E-state index is 12.8. The molecule has 1 atom stereocenters. The number of amides is 1. The van der Waals surface area contributed by atoms with Crippen LogP contribution < -0.4 is 0 Å². The van der Waals surface area contributed by atoms with E-state index in [1.807, 2.05) is 10.8 Å². The molecule has 6 heteroatoms. The van der Waals surface area contributed by atoms with Gasteiger partial charge in [-0.2, -0.15) is 5.10 Å². The van der Waals surface area contributed by atoms with Crippen molar-refractivity contribution in [3.63, 3.8) is 0 Å². The highest BCUT2D eigenvalue weighted by molar-refractivity contribution is 5.86. The highest BCUT2D eigenvalue weighted by Gasteiger charge is 2.47. The Morgan fingerprint density at radius 2 is 2.03 bits per heavy atom. The number of hydrogen-bond acceptors (Lipinski definition) is 3. The van der Waals surface area contributed by atoms with Crippen molar-refractivity contribution in [3.05, 3.63) is 42.4 Å². The van der Waals surface area contributed by atoms with E-state index in [9.17, 15) is 4.79 Å². The molecular weight excluding hydrogens is 386 g/mol. The number of carbonyl (C=O) groups is 1. The Kier molecular flexibility index (Phi) is 4.40. The topological polar surface area (TPSA) is 56.0 Å². The van der Waals surface area contributed by atoms with Crippen LogP contribution in [-0.4, -0.2) is 43.2 Å². The molecule has 1 amide bonds. The third-order valence-electron chi connectivity index (χ3n) is 6.87. The van der Waals surface area contributed by atoms with Crippen LogP contribution in [0.15, 0.2) is 31.1 Å². The molecule has 1 saturated heterocycles. The van der Waals surface area contributed by atoms with E-state index >= 15 is 0 Å². The molecule has 5 heterocycles. The van der Waals surface area contributed by atoms with Gasteiger partial charge in [-0.05, 0) is 42.9 Å². The van der Waals surface area contributed by atoms with E-state index in [0.717, 1.165) is 54.8 Å². The fraction of sp³-hybridized carbons (Fsp3) is 0.480. The minimum absolute atomic E-state index is 0.0196. The molecule has 6 nitrogen and oxygen atoms in total. The number of hydrogen-bond donors (Lipinski definition) is 0. The molecule has 5 rings (SSSR count). The van der Waals surface area contributed by atoms with Crippen LogP contribution in [0.4, 0.5) is 0 Å². The monoisotopic (exact) mass is 417 g/mol. The summed E-state index contributed by atoms with van der Waals surface area (Å²) in [6.07, 6.45) is 8.42. The van der Waals surface area contributed by atoms with Crippen LogP contribution in [-0.2, 0) is 16.8 Å². The SMILES string of the molecule is C=Cn1cc(C)c2cc(-c3cc4n(n3)CCC43CCN(C(=O)CC(C)(C)C)C3)cnc21. The first-order valence-corrected chi connectivity index (χ1v) is 11.2. The van der Waals surface area contributed by atoms with Gasteiger partial charge < -0.3 is 9.47 Å². The van der Waals surface area contributed by atoms with E-state index < -0.39 is 0 Å². The average molecular weight is 418 g/mol. The third kappa shape index (κ3) is 3.29. The van der Waals surface area contributed by atoms with Crippen LogP contribution in [0.25, 0.3) is 28.5 Å². The fourth-order valence-electron chi connectivity index (χ4n) is 5.24. The van der Waals surface area contributed by atoms with Crippen LogP contribution in [0, 0.1) is 12.3 Å². The summed E-state index contributed by atoms with van der Waals surface area (Å²) < 4.78 is 4.11. The molecule has 3 aromatic rings. The van der Waals surface area contributed by atoms with Gasteiger partial charge in [-0.25, -0.2) is 4.98 Å². The van der Waals surface area contributed by atoms with Crippen molar-refractivity contribution in [2.75, 3.05) is 13.1 Å². The zero-order valence-electron chi connectivity index (χ0n) is 19.0. The van der Waals surface area contributed by atoms with Gasteiger partial charge in [0.05, 0.1) is 5.69 Å². The van der Waals surface area contributed by atoms with E-state index in [1.165, 1.54) is 11.3 Å². The highest BCUT2D eigenvalue weighted by atomic mass is 16.2. The second-order valence-electron chi connectivity index (χ2n) is 10.5. The van der Waals surface area contributed by atoms with E-state index in [0.29, 0.717) is 6.42 Å². The summed E-state index contributed by atoms with van der Waals surface area (Å²) in [5.41, 5.74) is 5.43. The number of nitrogens with zero attached hydrogens (tertiary/aromatic N) is 5. The summed E-state index contributed by atoms with van der Waals surface area (Å²) in [5, 5.41) is 6.04. The summed E-state index contributed by atoms with van der Waals surface area (Å²) in [5.74, 6) is 0.277. The molecule has 0 aliphatic carbocycles. The van der Waals surface area contributed by atoms with Crippen molar-refractivity contribution in [2.24, 2.45) is 5.41 Å². The Morgan fingerprint density at radius 1 is 1.26 bits per heavy atom. The molecule has 3 aromatic heterocycles. The molecule has 1 fully saturated rings. The van der Waals surface area contributed by atoms with Gasteiger partial charge in [-0.1, -0.05) is 27.4 Å². The van der Waals surface area contributed by atoms with Gasteiger partial charge >= 0.3 is 0 Å². The van der Waals surface area contributed by atoms with Gasteiger partial charge in [-0.3, -0.25) is 9.48 Å². The van der Waals surface area contributed by atoms with Crippen LogP contribution in [0.2, 0.25) is 0 Å². The zero-order chi connectivity index (χ0) is 22.0. The van der Waals surface area contributed by atoms with Crippen molar-refractivity contribution in [3.8, 4) is 11.3 Å². The van der Waals surface area contributed by atoms with Crippen LogP contribution in [0.5, 0.6) is 0 Å². The minimum atomic E-state index is 0.0196. The summed E-state index contributed by atoms with van der Waals surface area (Å²) >= 11 is 0. The predicted molar refractivity (Wildman–Crippen MR) is 124 cm³/mol. The van der Waals surface area contributed by atoms with Crippen LogP contribution in [0.3, 0.4) is 0 Å². The Morgan fingerprint density at radius 3 is 2.77 bits per heavy atom. The van der Waals surface area contributed by atoms with Crippen LogP contribution >= 0.6 is 0 Å². The standard InChI is InChI=1S/C25H31N5O/c1-6-28-15-17(2)19-11-18(14-26-23(19)28)20-12-21-25(8-10-30(21)27-20)7-9-29(16-25)22(31)13-24(3,4)5/h6,11-12,14-15H,1,7-10,13,16H2,2-5H3. The molecule has 162 valence electrons. The normalized spacial score (nSPS) is 20.7. The maximum atomic E-state index is 12.8. The van der Waals surface area contributed by atoms with Gasteiger partial charge in [-0.15, -0.1) is 0 Å². The lowest BCUT2D eigenvalue weighted by Gasteiger charge is -2.26. The molecule has 2 aliphatic rings. The second-order valence-corrected chi connectivity index (χ2v) is 10.5. The highest BCUT2D eigenvalue weighted by Crippen LogP contribution is 2.44. The number of fused-ring (bicyclic) bond motifs is 3. The Balaban J connectivity index is 1.44. The van der Waals surface area contributed by atoms with Crippen molar-refractivity contribution >= 4 is 23.1 Å². The summed E-state index contributed by atoms with van der Waals surface area (Å²) in [7, 11) is 0. The smallest absolute Gasteiger partial charge is 0.223 e. The van der Waals surface area contributed by atoms with Crippen molar-refractivity contribution in [1.29, 1.82) is 0 Å². The molecule has 0 saturated carbocycles. The van der Waals surface area contributed by atoms with E-state index in [4.69, 9.17) is 5.10 Å². The molecular formula is C25H31N5O. The van der Waals surface area contributed by atoms with Crippen molar-refractivity contribution < 1.29 is 4.79 Å². The lowest BCUT2D eigenvalue weighted by Crippen LogP contribution is -2.35. The molecule has 0 aromatic carbocycles. The maximum Gasteiger partial charge on any atom is 0.223 e. The third-order valence-corrected chi connectivity index (χ3v) is 6.87. The van der Waals surface area contributed by atoms with E-state index in [1.54, 1.807) is 6.20 Å². The second kappa shape index (κ2) is 6.81. The average Bonchev–Trinajstić information content (AvgIpc) is 3.46. The summed E-state index contributed by atoms with van der Waals surface area (Å²) in [6.45, 7) is 14.9. The molecule has 31 heavy (non-hydrogen) atoms. The largest absolute Gasteiger partial charge is 0.342 e. The first-order chi connectivity index (χ1) is 14.7. The Labute approximate surface area is 183 Å². The van der Waals surface area contributed by atoms with Crippen LogP contribution in [0.1, 0.15) is 51.3 Å². The van der Waals surface area contributed by atoms with Gasteiger partial charge in [0.25, 0.3) is 0 Å². The molecule has 0 radical (unpaired) electrons. The molecule has 1 spiro atoms. The molecule has 0 bridgehead atoms. The fourth-order valence-corrected chi connectivity index (χ4v) is 5.24. The summed E-state index contributed by atoms with van der Waals surface area (Å²) in [6, 6.07) is 4.41. The first-order valence-electron chi connectivity index (χ1n) is 11.2. The Bertz CT molecular complexity index is 1190. The predicted octanol–water partition coefficient (Wildman–Crippen LogP) is 4.62. The lowest BCUT2D eigenvalue weighted by atomic mass is 9.82. The number of carbonyl (C=O) groups excluding carboxylic acids is 1. The molecule has 1 unspecified atom stereocenters. The number of likely N-dealkylation sites (tertiary alicyclic amines) is 1. The molecule has 2 aliphatic heterocycles. The first kappa shape index (κ1) is 20.0. The van der Waals surface area contributed by atoms with Gasteiger partial charge in [0.15, 0.2) is 0 Å². The van der Waals surface area contributed by atoms with E-state index in [2.05, 4.69) is 67.2 Å². The van der Waals surface area contributed by atoms with Crippen molar-refractivity contribution in [1.82, 2.24) is 24.2 Å². The Hall–Kier alpha value is -2.89. The molecule has 0 N–H and O–H groups in total. The zero-order valence-corrected chi connectivity index (χ0v) is 19.0. The van der Waals surface area contributed by atoms with Gasteiger partial charge in [0.2, 0.25) is 5.91 Å². The van der Waals surface area contributed by atoms with E-state index in [-0.39, 0.29) is 16.7 Å². The van der Waals surface area contributed by atoms with Gasteiger partial charge in [0, 0.05) is 66.7 Å². The summed E-state index contributed by atoms with van der Waals surface area (Å²) in [4.78, 5) is 19.6. The van der Waals surface area contributed by atoms with Crippen molar-refractivity contribution in [2.45, 2.75) is 58.9 Å². The lowest BCUT2D eigenvalue weighted by molar-refractivity contribution is -0.132. The number of rotatable bonds is 3. The number of aromatic nitrogens is 4.